The highest BCUT2D eigenvalue weighted by atomic mass is 32.1. The predicted octanol–water partition coefficient (Wildman–Crippen LogP) is 3.60. The Balaban J connectivity index is 1.92. The van der Waals surface area contributed by atoms with Gasteiger partial charge in [0.2, 0.25) is 0 Å². The molecule has 0 radical (unpaired) electrons. The first kappa shape index (κ1) is 12.7. The smallest absolute Gasteiger partial charge is 0.181 e. The zero-order chi connectivity index (χ0) is 14.2. The molecule has 0 fully saturated rings. The van der Waals surface area contributed by atoms with Crippen molar-refractivity contribution in [2.75, 3.05) is 5.73 Å². The third-order valence-electron chi connectivity index (χ3n) is 3.99. The molecule has 5 heteroatoms. The molecule has 0 unspecified atom stereocenters. The molecule has 1 aliphatic rings. The lowest BCUT2D eigenvalue weighted by atomic mass is 10.1. The van der Waals surface area contributed by atoms with Crippen molar-refractivity contribution in [3.8, 4) is 11.5 Å². The van der Waals surface area contributed by atoms with Crippen LogP contribution in [0.25, 0.3) is 21.7 Å². The maximum atomic E-state index is 6.24. The summed E-state index contributed by atoms with van der Waals surface area (Å²) in [6.45, 7) is 0. The lowest BCUT2D eigenvalue weighted by Gasteiger charge is -2.04. The lowest BCUT2D eigenvalue weighted by molar-refractivity contribution is 0.713. The van der Waals surface area contributed by atoms with Crippen molar-refractivity contribution in [3.63, 3.8) is 0 Å². The van der Waals surface area contributed by atoms with Crippen molar-refractivity contribution in [2.45, 2.75) is 32.1 Å². The fourth-order valence-corrected chi connectivity index (χ4v) is 4.24. The Kier molecular flexibility index (Phi) is 3.07. The minimum absolute atomic E-state index is 0.597. The Morgan fingerprint density at radius 3 is 2.81 bits per heavy atom. The Morgan fingerprint density at radius 1 is 1.05 bits per heavy atom. The summed E-state index contributed by atoms with van der Waals surface area (Å²) >= 11 is 1.78. The number of nitrogens with two attached hydrogens (primary N) is 1. The maximum absolute atomic E-state index is 6.24. The van der Waals surface area contributed by atoms with Gasteiger partial charge >= 0.3 is 0 Å². The summed E-state index contributed by atoms with van der Waals surface area (Å²) in [7, 11) is 0. The van der Waals surface area contributed by atoms with Gasteiger partial charge < -0.3 is 5.73 Å². The minimum atomic E-state index is 0.597. The average molecular weight is 296 g/mol. The molecule has 0 saturated carbocycles. The fraction of sp³-hybridized carbons (Fsp3) is 0.312. The molecule has 0 aliphatic heterocycles. The number of fused-ring (bicyclic) bond motifs is 3. The van der Waals surface area contributed by atoms with Gasteiger partial charge in [0.25, 0.3) is 0 Å². The number of thiophene rings is 1. The van der Waals surface area contributed by atoms with Gasteiger partial charge in [-0.1, -0.05) is 12.5 Å². The zero-order valence-electron chi connectivity index (χ0n) is 11.7. The molecule has 0 atom stereocenters. The number of aromatic nitrogens is 3. The van der Waals surface area contributed by atoms with Crippen LogP contribution in [-0.2, 0) is 12.8 Å². The highest BCUT2D eigenvalue weighted by molar-refractivity contribution is 7.19. The Labute approximate surface area is 127 Å². The van der Waals surface area contributed by atoms with Gasteiger partial charge in [-0.25, -0.2) is 9.97 Å². The van der Waals surface area contributed by atoms with Crippen molar-refractivity contribution in [1.29, 1.82) is 0 Å². The van der Waals surface area contributed by atoms with Crippen LogP contribution in [0.1, 0.15) is 29.7 Å². The van der Waals surface area contributed by atoms with Gasteiger partial charge in [-0.2, -0.15) is 0 Å². The van der Waals surface area contributed by atoms with E-state index in [4.69, 9.17) is 10.7 Å². The van der Waals surface area contributed by atoms with Gasteiger partial charge in [-0.15, -0.1) is 11.3 Å². The van der Waals surface area contributed by atoms with Gasteiger partial charge in [-0.05, 0) is 43.4 Å². The Bertz CT molecular complexity index is 795. The second kappa shape index (κ2) is 5.07. The summed E-state index contributed by atoms with van der Waals surface area (Å²) < 4.78 is 0. The van der Waals surface area contributed by atoms with Crippen molar-refractivity contribution in [3.05, 3.63) is 34.8 Å². The van der Waals surface area contributed by atoms with E-state index in [0.29, 0.717) is 11.6 Å². The van der Waals surface area contributed by atoms with E-state index in [9.17, 15) is 0 Å². The van der Waals surface area contributed by atoms with Gasteiger partial charge in [0.15, 0.2) is 5.82 Å². The summed E-state index contributed by atoms with van der Waals surface area (Å²) in [6, 6.07) is 5.74. The zero-order valence-corrected chi connectivity index (χ0v) is 12.5. The number of hydrogen-bond donors (Lipinski definition) is 1. The molecule has 3 aromatic heterocycles. The molecule has 1 aliphatic carbocycles. The summed E-state index contributed by atoms with van der Waals surface area (Å²) in [6.07, 6.45) is 7.80. The minimum Gasteiger partial charge on any atom is -0.383 e. The van der Waals surface area contributed by atoms with Gasteiger partial charge in [0, 0.05) is 11.1 Å². The first-order chi connectivity index (χ1) is 10.3. The SMILES string of the molecule is Nc1nc(-c2ccccn2)nc2sc3c(c12)CCCCC3. The monoisotopic (exact) mass is 296 g/mol. The Hall–Kier alpha value is -2.01. The van der Waals surface area contributed by atoms with Gasteiger partial charge in [0.1, 0.15) is 16.3 Å². The van der Waals surface area contributed by atoms with E-state index in [1.165, 1.54) is 29.7 Å². The van der Waals surface area contributed by atoms with E-state index in [1.807, 2.05) is 18.2 Å². The molecule has 0 saturated heterocycles. The largest absolute Gasteiger partial charge is 0.383 e. The number of aryl methyl sites for hydroxylation is 2. The van der Waals surface area contributed by atoms with Gasteiger partial charge in [0.05, 0.1) is 5.39 Å². The molecule has 0 bridgehead atoms. The van der Waals surface area contributed by atoms with Crippen molar-refractivity contribution in [1.82, 2.24) is 15.0 Å². The van der Waals surface area contributed by atoms with Crippen molar-refractivity contribution in [2.24, 2.45) is 0 Å². The van der Waals surface area contributed by atoms with Crippen LogP contribution >= 0.6 is 11.3 Å². The van der Waals surface area contributed by atoms with Crippen molar-refractivity contribution >= 4 is 27.4 Å². The van der Waals surface area contributed by atoms with Crippen LogP contribution in [-0.4, -0.2) is 15.0 Å². The van der Waals surface area contributed by atoms with E-state index in [2.05, 4.69) is 9.97 Å². The molecule has 21 heavy (non-hydrogen) atoms. The second-order valence-corrected chi connectivity index (χ2v) is 6.48. The van der Waals surface area contributed by atoms with Crippen LogP contribution in [0.15, 0.2) is 24.4 Å². The molecule has 4 rings (SSSR count). The summed E-state index contributed by atoms with van der Waals surface area (Å²) in [5.41, 5.74) is 8.40. The lowest BCUT2D eigenvalue weighted by Crippen LogP contribution is -1.99. The molecule has 106 valence electrons. The standard InChI is InChI=1S/C16H16N4S/c17-14-13-10-6-2-1-3-8-12(10)21-16(13)20-15(19-14)11-7-4-5-9-18-11/h4-5,7,9H,1-3,6,8H2,(H2,17,19,20). The van der Waals surface area contributed by atoms with E-state index in [1.54, 1.807) is 17.5 Å². The Morgan fingerprint density at radius 2 is 1.95 bits per heavy atom. The van der Waals surface area contributed by atoms with Crippen LogP contribution in [0.2, 0.25) is 0 Å². The molecule has 0 spiro atoms. The third-order valence-corrected chi connectivity index (χ3v) is 5.17. The number of pyridine rings is 1. The van der Waals surface area contributed by atoms with Crippen molar-refractivity contribution < 1.29 is 0 Å². The normalized spacial score (nSPS) is 14.9. The number of rotatable bonds is 1. The third kappa shape index (κ3) is 2.17. The van der Waals surface area contributed by atoms with Crippen LogP contribution in [0, 0.1) is 0 Å². The molecular weight excluding hydrogens is 280 g/mol. The molecule has 0 aromatic carbocycles. The molecular formula is C16H16N4S. The van der Waals surface area contributed by atoms with Crippen LogP contribution < -0.4 is 5.73 Å². The van der Waals surface area contributed by atoms with Crippen LogP contribution in [0.3, 0.4) is 0 Å². The van der Waals surface area contributed by atoms with Crippen LogP contribution in [0.5, 0.6) is 0 Å². The highest BCUT2D eigenvalue weighted by Gasteiger charge is 2.19. The number of anilines is 1. The molecule has 2 N–H and O–H groups in total. The fourth-order valence-electron chi connectivity index (χ4n) is 2.97. The molecule has 0 amide bonds. The van der Waals surface area contributed by atoms with E-state index < -0.39 is 0 Å². The van der Waals surface area contributed by atoms with Crippen LogP contribution in [0.4, 0.5) is 5.82 Å². The average Bonchev–Trinajstić information content (AvgIpc) is 2.71. The summed E-state index contributed by atoms with van der Waals surface area (Å²) in [4.78, 5) is 16.0. The highest BCUT2D eigenvalue weighted by Crippen LogP contribution is 2.37. The first-order valence-electron chi connectivity index (χ1n) is 7.32. The topological polar surface area (TPSA) is 64.7 Å². The maximum Gasteiger partial charge on any atom is 0.181 e. The van der Waals surface area contributed by atoms with E-state index in [0.717, 1.165) is 28.8 Å². The van der Waals surface area contributed by atoms with E-state index >= 15 is 0 Å². The molecule has 3 aromatic rings. The first-order valence-corrected chi connectivity index (χ1v) is 8.14. The predicted molar refractivity (Wildman–Crippen MR) is 86.3 cm³/mol. The summed E-state index contributed by atoms with van der Waals surface area (Å²) in [5.74, 6) is 1.22. The quantitative estimate of drug-likeness (QED) is 0.697. The summed E-state index contributed by atoms with van der Waals surface area (Å²) in [5, 5.41) is 1.08. The number of nitrogens with zero attached hydrogens (tertiary/aromatic N) is 3. The van der Waals surface area contributed by atoms with Gasteiger partial charge in [-0.3, -0.25) is 4.98 Å². The molecule has 4 nitrogen and oxygen atoms in total. The number of nitrogen functional groups attached to an aromatic ring is 1. The molecule has 3 heterocycles. The number of hydrogen-bond acceptors (Lipinski definition) is 5. The van der Waals surface area contributed by atoms with E-state index in [-0.39, 0.29) is 0 Å². The second-order valence-electron chi connectivity index (χ2n) is 5.39.